The molecule has 0 fully saturated rings. The van der Waals surface area contributed by atoms with Gasteiger partial charge >= 0.3 is 0 Å². The Kier molecular flexibility index (Phi) is 5.45. The molecule has 3 N–H and O–H groups in total. The molecule has 0 saturated carbocycles. The van der Waals surface area contributed by atoms with Crippen molar-refractivity contribution in [2.75, 3.05) is 13.7 Å². The lowest BCUT2D eigenvalue weighted by Crippen LogP contribution is -2.22. The third-order valence-electron chi connectivity index (χ3n) is 3.23. The largest absolute Gasteiger partial charge is 0.496 e. The molecule has 1 aromatic rings. The van der Waals surface area contributed by atoms with Crippen LogP contribution in [0.15, 0.2) is 18.2 Å². The normalized spacial score (nSPS) is 14.4. The lowest BCUT2D eigenvalue weighted by molar-refractivity contribution is 0.161. The molecule has 1 rings (SSSR count). The van der Waals surface area contributed by atoms with Crippen LogP contribution in [-0.2, 0) is 0 Å². The maximum atomic E-state index is 9.71. The predicted molar refractivity (Wildman–Crippen MR) is 70.4 cm³/mol. The lowest BCUT2D eigenvalue weighted by Gasteiger charge is -2.22. The van der Waals surface area contributed by atoms with Gasteiger partial charge in [0.05, 0.1) is 13.2 Å². The van der Waals surface area contributed by atoms with Gasteiger partial charge in [0.25, 0.3) is 0 Å². The van der Waals surface area contributed by atoms with Gasteiger partial charge in [-0.05, 0) is 37.3 Å². The zero-order valence-electron chi connectivity index (χ0n) is 10.9. The number of hydrogen-bond acceptors (Lipinski definition) is 3. The first kappa shape index (κ1) is 14.0. The molecule has 2 unspecified atom stereocenters. The van der Waals surface area contributed by atoms with E-state index in [-0.39, 0.29) is 0 Å². The Morgan fingerprint density at radius 1 is 1.41 bits per heavy atom. The summed E-state index contributed by atoms with van der Waals surface area (Å²) < 4.78 is 5.41. The Bertz CT molecular complexity index is 352. The number of nitrogens with two attached hydrogens (primary N) is 1. The molecule has 3 heteroatoms. The van der Waals surface area contributed by atoms with Crippen molar-refractivity contribution in [2.45, 2.75) is 38.7 Å². The topological polar surface area (TPSA) is 55.5 Å². The molecule has 0 radical (unpaired) electrons. The van der Waals surface area contributed by atoms with Crippen LogP contribution in [0.1, 0.15) is 36.8 Å². The van der Waals surface area contributed by atoms with E-state index < -0.39 is 6.10 Å². The Balaban J connectivity index is 3.02. The van der Waals surface area contributed by atoms with Crippen LogP contribution in [0, 0.1) is 6.92 Å². The molecule has 0 aliphatic rings. The SMILES string of the molecule is CCC(CC(O)CN)c1c(C)cccc1OC. The molecule has 1 aromatic carbocycles. The predicted octanol–water partition coefficient (Wildman–Crippen LogP) is 2.21. The van der Waals surface area contributed by atoms with Crippen LogP contribution in [0.2, 0.25) is 0 Å². The van der Waals surface area contributed by atoms with E-state index in [9.17, 15) is 5.11 Å². The summed E-state index contributed by atoms with van der Waals surface area (Å²) >= 11 is 0. The van der Waals surface area contributed by atoms with E-state index in [0.29, 0.717) is 18.9 Å². The first-order valence-corrected chi connectivity index (χ1v) is 6.15. The quantitative estimate of drug-likeness (QED) is 0.797. The van der Waals surface area contributed by atoms with Crippen LogP contribution in [-0.4, -0.2) is 24.9 Å². The maximum absolute atomic E-state index is 9.71. The summed E-state index contributed by atoms with van der Waals surface area (Å²) in [7, 11) is 1.68. The number of benzene rings is 1. The van der Waals surface area contributed by atoms with Gasteiger partial charge in [-0.25, -0.2) is 0 Å². The molecule has 0 aliphatic carbocycles. The molecule has 0 saturated heterocycles. The smallest absolute Gasteiger partial charge is 0.122 e. The van der Waals surface area contributed by atoms with Crippen LogP contribution >= 0.6 is 0 Å². The zero-order valence-corrected chi connectivity index (χ0v) is 10.9. The highest BCUT2D eigenvalue weighted by Crippen LogP contribution is 2.34. The lowest BCUT2D eigenvalue weighted by atomic mass is 9.87. The standard InChI is InChI=1S/C14H23NO2/c1-4-11(8-12(16)9-15)14-10(2)6-5-7-13(14)17-3/h5-7,11-12,16H,4,8-9,15H2,1-3H3. The fraction of sp³-hybridized carbons (Fsp3) is 0.571. The molecule has 0 aliphatic heterocycles. The van der Waals surface area contributed by atoms with Gasteiger partial charge in [0.2, 0.25) is 0 Å². The summed E-state index contributed by atoms with van der Waals surface area (Å²) in [5.74, 6) is 1.20. The zero-order chi connectivity index (χ0) is 12.8. The van der Waals surface area contributed by atoms with Gasteiger partial charge in [-0.15, -0.1) is 0 Å². The number of aliphatic hydroxyl groups excluding tert-OH is 1. The number of ether oxygens (including phenoxy) is 1. The molecule has 3 nitrogen and oxygen atoms in total. The molecule has 0 spiro atoms. The Morgan fingerprint density at radius 3 is 2.65 bits per heavy atom. The second-order valence-corrected chi connectivity index (χ2v) is 4.42. The Morgan fingerprint density at radius 2 is 2.12 bits per heavy atom. The average Bonchev–Trinajstić information content (AvgIpc) is 2.35. The number of rotatable bonds is 6. The number of hydrogen-bond donors (Lipinski definition) is 2. The molecule has 17 heavy (non-hydrogen) atoms. The van der Waals surface area contributed by atoms with Crippen molar-refractivity contribution in [3.8, 4) is 5.75 Å². The van der Waals surface area contributed by atoms with Gasteiger partial charge in [0.15, 0.2) is 0 Å². The first-order chi connectivity index (χ1) is 8.13. The van der Waals surface area contributed by atoms with E-state index in [1.807, 2.05) is 12.1 Å². The number of methoxy groups -OCH3 is 1. The fourth-order valence-corrected chi connectivity index (χ4v) is 2.27. The summed E-state index contributed by atoms with van der Waals surface area (Å²) in [5.41, 5.74) is 7.89. The van der Waals surface area contributed by atoms with E-state index >= 15 is 0 Å². The van der Waals surface area contributed by atoms with Crippen molar-refractivity contribution in [1.29, 1.82) is 0 Å². The molecule has 2 atom stereocenters. The second kappa shape index (κ2) is 6.62. The van der Waals surface area contributed by atoms with Crippen LogP contribution in [0.4, 0.5) is 0 Å². The van der Waals surface area contributed by atoms with Gasteiger partial charge in [0.1, 0.15) is 5.75 Å². The minimum absolute atomic E-state index is 0.296. The molecular weight excluding hydrogens is 214 g/mol. The fourth-order valence-electron chi connectivity index (χ4n) is 2.27. The minimum atomic E-state index is -0.440. The summed E-state index contributed by atoms with van der Waals surface area (Å²) in [6, 6.07) is 6.04. The third-order valence-corrected chi connectivity index (χ3v) is 3.23. The van der Waals surface area contributed by atoms with Crippen molar-refractivity contribution in [3.05, 3.63) is 29.3 Å². The Hall–Kier alpha value is -1.06. The van der Waals surface area contributed by atoms with Crippen molar-refractivity contribution < 1.29 is 9.84 Å². The van der Waals surface area contributed by atoms with E-state index in [0.717, 1.165) is 12.2 Å². The van der Waals surface area contributed by atoms with Crippen LogP contribution < -0.4 is 10.5 Å². The highest BCUT2D eigenvalue weighted by Gasteiger charge is 2.19. The van der Waals surface area contributed by atoms with Gasteiger partial charge in [-0.3, -0.25) is 0 Å². The summed E-state index contributed by atoms with van der Waals surface area (Å²) in [5, 5.41) is 9.71. The van der Waals surface area contributed by atoms with Gasteiger partial charge < -0.3 is 15.6 Å². The van der Waals surface area contributed by atoms with Crippen LogP contribution in [0.3, 0.4) is 0 Å². The molecule has 96 valence electrons. The number of aryl methyl sites for hydroxylation is 1. The van der Waals surface area contributed by atoms with Gasteiger partial charge in [0, 0.05) is 12.1 Å². The van der Waals surface area contributed by atoms with E-state index in [4.69, 9.17) is 10.5 Å². The third kappa shape index (κ3) is 3.45. The van der Waals surface area contributed by atoms with E-state index in [2.05, 4.69) is 19.9 Å². The highest BCUT2D eigenvalue weighted by molar-refractivity contribution is 5.42. The van der Waals surface area contributed by atoms with Crippen molar-refractivity contribution in [2.24, 2.45) is 5.73 Å². The van der Waals surface area contributed by atoms with Crippen LogP contribution in [0.25, 0.3) is 0 Å². The highest BCUT2D eigenvalue weighted by atomic mass is 16.5. The van der Waals surface area contributed by atoms with E-state index in [1.54, 1.807) is 7.11 Å². The summed E-state index contributed by atoms with van der Waals surface area (Å²) in [4.78, 5) is 0. The maximum Gasteiger partial charge on any atom is 0.122 e. The van der Waals surface area contributed by atoms with Crippen LogP contribution in [0.5, 0.6) is 5.75 Å². The minimum Gasteiger partial charge on any atom is -0.496 e. The monoisotopic (exact) mass is 237 g/mol. The van der Waals surface area contributed by atoms with Crippen molar-refractivity contribution in [3.63, 3.8) is 0 Å². The van der Waals surface area contributed by atoms with E-state index in [1.165, 1.54) is 11.1 Å². The van der Waals surface area contributed by atoms with Gasteiger partial charge in [-0.2, -0.15) is 0 Å². The summed E-state index contributed by atoms with van der Waals surface area (Å²) in [6.07, 6.45) is 1.22. The Labute approximate surface area is 104 Å². The molecule has 0 bridgehead atoms. The second-order valence-electron chi connectivity index (χ2n) is 4.42. The molecule has 0 aromatic heterocycles. The van der Waals surface area contributed by atoms with Crippen molar-refractivity contribution >= 4 is 0 Å². The van der Waals surface area contributed by atoms with Gasteiger partial charge in [-0.1, -0.05) is 19.1 Å². The average molecular weight is 237 g/mol. The molecule has 0 heterocycles. The molecule has 0 amide bonds. The summed E-state index contributed by atoms with van der Waals surface area (Å²) in [6.45, 7) is 4.51. The number of aliphatic hydroxyl groups is 1. The molecular formula is C14H23NO2. The first-order valence-electron chi connectivity index (χ1n) is 6.15. The van der Waals surface area contributed by atoms with Crippen molar-refractivity contribution in [1.82, 2.24) is 0 Å².